The standard InChI is InChI=1S/C8H17NO2/c1-7(2)5-11-9-8-3-4-10-6-8/h7-9H,3-6H2,1-2H3. The zero-order chi connectivity index (χ0) is 8.10. The Morgan fingerprint density at radius 3 is 3.00 bits per heavy atom. The Morgan fingerprint density at radius 1 is 1.64 bits per heavy atom. The van der Waals surface area contributed by atoms with Gasteiger partial charge in [0.2, 0.25) is 0 Å². The smallest absolute Gasteiger partial charge is 0.0705 e. The molecule has 0 radical (unpaired) electrons. The molecule has 1 atom stereocenters. The van der Waals surface area contributed by atoms with E-state index in [9.17, 15) is 0 Å². The van der Waals surface area contributed by atoms with E-state index in [-0.39, 0.29) is 0 Å². The van der Waals surface area contributed by atoms with E-state index in [0.29, 0.717) is 12.0 Å². The second-order valence-electron chi connectivity index (χ2n) is 3.38. The van der Waals surface area contributed by atoms with Gasteiger partial charge in [-0.15, -0.1) is 0 Å². The summed E-state index contributed by atoms with van der Waals surface area (Å²) in [5.74, 6) is 0.588. The highest BCUT2D eigenvalue weighted by atomic mass is 16.6. The minimum atomic E-state index is 0.411. The van der Waals surface area contributed by atoms with Gasteiger partial charge in [0, 0.05) is 6.61 Å². The van der Waals surface area contributed by atoms with Crippen LogP contribution in [0, 0.1) is 5.92 Å². The molecule has 3 heteroatoms. The molecule has 0 aliphatic carbocycles. The fraction of sp³-hybridized carbons (Fsp3) is 1.00. The van der Waals surface area contributed by atoms with Gasteiger partial charge in [-0.25, -0.2) is 0 Å². The van der Waals surface area contributed by atoms with Gasteiger partial charge in [-0.05, 0) is 12.3 Å². The molecule has 1 rings (SSSR count). The first-order valence-electron chi connectivity index (χ1n) is 4.24. The van der Waals surface area contributed by atoms with Crippen molar-refractivity contribution in [2.45, 2.75) is 26.3 Å². The van der Waals surface area contributed by atoms with Crippen molar-refractivity contribution in [2.75, 3.05) is 19.8 Å². The largest absolute Gasteiger partial charge is 0.380 e. The van der Waals surface area contributed by atoms with Crippen molar-refractivity contribution in [1.29, 1.82) is 0 Å². The van der Waals surface area contributed by atoms with Crippen molar-refractivity contribution in [3.8, 4) is 0 Å². The Morgan fingerprint density at radius 2 is 2.45 bits per heavy atom. The van der Waals surface area contributed by atoms with Crippen LogP contribution in [0.15, 0.2) is 0 Å². The van der Waals surface area contributed by atoms with Crippen molar-refractivity contribution >= 4 is 0 Å². The quantitative estimate of drug-likeness (QED) is 0.619. The average Bonchev–Trinajstić information content (AvgIpc) is 2.39. The summed E-state index contributed by atoms with van der Waals surface area (Å²) in [6.45, 7) is 6.69. The van der Waals surface area contributed by atoms with Crippen molar-refractivity contribution < 1.29 is 9.57 Å². The lowest BCUT2D eigenvalue weighted by Gasteiger charge is -2.11. The van der Waals surface area contributed by atoms with E-state index in [4.69, 9.17) is 9.57 Å². The van der Waals surface area contributed by atoms with E-state index in [1.807, 2.05) is 0 Å². The highest BCUT2D eigenvalue weighted by Gasteiger charge is 2.14. The summed E-state index contributed by atoms with van der Waals surface area (Å²) in [6, 6.07) is 0.411. The molecule has 1 aliphatic heterocycles. The van der Waals surface area contributed by atoms with Crippen LogP contribution in [0.3, 0.4) is 0 Å². The second kappa shape index (κ2) is 4.70. The lowest BCUT2D eigenvalue weighted by molar-refractivity contribution is -0.00103. The molecular formula is C8H17NO2. The highest BCUT2D eigenvalue weighted by Crippen LogP contribution is 2.03. The van der Waals surface area contributed by atoms with E-state index in [1.54, 1.807) is 0 Å². The molecule has 0 aromatic heterocycles. The lowest BCUT2D eigenvalue weighted by Crippen LogP contribution is -2.30. The molecule has 0 aromatic carbocycles. The first-order valence-corrected chi connectivity index (χ1v) is 4.24. The maximum atomic E-state index is 5.25. The zero-order valence-electron chi connectivity index (χ0n) is 7.30. The van der Waals surface area contributed by atoms with Gasteiger partial charge < -0.3 is 9.57 Å². The van der Waals surface area contributed by atoms with Crippen LogP contribution in [-0.4, -0.2) is 25.9 Å². The highest BCUT2D eigenvalue weighted by molar-refractivity contribution is 4.66. The Kier molecular flexibility index (Phi) is 3.83. The van der Waals surface area contributed by atoms with Crippen LogP contribution < -0.4 is 5.48 Å². The number of hydrogen-bond donors (Lipinski definition) is 1. The molecular weight excluding hydrogens is 142 g/mol. The third-order valence-electron chi connectivity index (χ3n) is 1.60. The minimum absolute atomic E-state index is 0.411. The van der Waals surface area contributed by atoms with Gasteiger partial charge in [-0.2, -0.15) is 5.48 Å². The molecule has 66 valence electrons. The number of nitrogens with one attached hydrogen (secondary N) is 1. The van der Waals surface area contributed by atoms with Gasteiger partial charge >= 0.3 is 0 Å². The number of rotatable bonds is 4. The second-order valence-corrected chi connectivity index (χ2v) is 3.38. The van der Waals surface area contributed by atoms with Crippen LogP contribution in [0.5, 0.6) is 0 Å². The van der Waals surface area contributed by atoms with Crippen LogP contribution in [-0.2, 0) is 9.57 Å². The third-order valence-corrected chi connectivity index (χ3v) is 1.60. The summed E-state index contributed by atoms with van der Waals surface area (Å²) in [5, 5.41) is 0. The van der Waals surface area contributed by atoms with Crippen LogP contribution in [0.2, 0.25) is 0 Å². The third kappa shape index (κ3) is 3.70. The zero-order valence-corrected chi connectivity index (χ0v) is 7.30. The molecule has 1 aliphatic rings. The van der Waals surface area contributed by atoms with Crippen LogP contribution in [0.1, 0.15) is 20.3 Å². The summed E-state index contributed by atoms with van der Waals surface area (Å²) in [6.07, 6.45) is 1.07. The van der Waals surface area contributed by atoms with Gasteiger partial charge in [0.1, 0.15) is 0 Å². The van der Waals surface area contributed by atoms with Crippen LogP contribution in [0.25, 0.3) is 0 Å². The van der Waals surface area contributed by atoms with Gasteiger partial charge in [0.25, 0.3) is 0 Å². The van der Waals surface area contributed by atoms with Gasteiger partial charge in [0.05, 0.1) is 19.3 Å². The molecule has 0 spiro atoms. The van der Waals surface area contributed by atoms with E-state index in [1.165, 1.54) is 0 Å². The lowest BCUT2D eigenvalue weighted by atomic mass is 10.2. The summed E-state index contributed by atoms with van der Waals surface area (Å²) in [4.78, 5) is 5.25. The Bertz CT molecular complexity index is 100. The first-order chi connectivity index (χ1) is 5.29. The van der Waals surface area contributed by atoms with Crippen molar-refractivity contribution in [3.05, 3.63) is 0 Å². The molecule has 3 nitrogen and oxygen atoms in total. The minimum Gasteiger partial charge on any atom is -0.380 e. The van der Waals surface area contributed by atoms with Crippen molar-refractivity contribution in [2.24, 2.45) is 5.92 Å². The molecule has 0 bridgehead atoms. The predicted octanol–water partition coefficient (Wildman–Crippen LogP) is 0.952. The summed E-state index contributed by atoms with van der Waals surface area (Å²) < 4.78 is 5.17. The van der Waals surface area contributed by atoms with Gasteiger partial charge in [-0.1, -0.05) is 13.8 Å². The molecule has 0 amide bonds. The first kappa shape index (κ1) is 8.97. The van der Waals surface area contributed by atoms with E-state index < -0.39 is 0 Å². The average molecular weight is 159 g/mol. The summed E-state index contributed by atoms with van der Waals surface area (Å²) in [7, 11) is 0. The molecule has 0 saturated carbocycles. The predicted molar refractivity (Wildman–Crippen MR) is 43.1 cm³/mol. The molecule has 1 heterocycles. The topological polar surface area (TPSA) is 30.5 Å². The maximum Gasteiger partial charge on any atom is 0.0705 e. The van der Waals surface area contributed by atoms with Crippen molar-refractivity contribution in [3.63, 3.8) is 0 Å². The van der Waals surface area contributed by atoms with Crippen LogP contribution in [0.4, 0.5) is 0 Å². The van der Waals surface area contributed by atoms with Gasteiger partial charge in [-0.3, -0.25) is 0 Å². The fourth-order valence-corrected chi connectivity index (χ4v) is 0.960. The van der Waals surface area contributed by atoms with Gasteiger partial charge in [0.15, 0.2) is 0 Å². The number of ether oxygens (including phenoxy) is 1. The fourth-order valence-electron chi connectivity index (χ4n) is 0.960. The van der Waals surface area contributed by atoms with E-state index in [0.717, 1.165) is 26.2 Å². The Labute approximate surface area is 68.0 Å². The number of hydrogen-bond acceptors (Lipinski definition) is 3. The summed E-state index contributed by atoms with van der Waals surface area (Å²) >= 11 is 0. The number of hydroxylamine groups is 1. The molecule has 1 unspecified atom stereocenters. The maximum absolute atomic E-state index is 5.25. The molecule has 1 fully saturated rings. The van der Waals surface area contributed by atoms with E-state index in [2.05, 4.69) is 19.3 Å². The molecule has 1 N–H and O–H groups in total. The Balaban J connectivity index is 1.94. The SMILES string of the molecule is CC(C)CONC1CCOC1. The Hall–Kier alpha value is -0.120. The molecule has 11 heavy (non-hydrogen) atoms. The monoisotopic (exact) mass is 159 g/mol. The molecule has 1 saturated heterocycles. The molecule has 0 aromatic rings. The van der Waals surface area contributed by atoms with Crippen LogP contribution >= 0.6 is 0 Å². The summed E-state index contributed by atoms with van der Waals surface area (Å²) in [5.41, 5.74) is 2.99. The normalized spacial score (nSPS) is 24.8. The van der Waals surface area contributed by atoms with E-state index >= 15 is 0 Å². The van der Waals surface area contributed by atoms with Crippen molar-refractivity contribution in [1.82, 2.24) is 5.48 Å².